The SMILES string of the molecule is CC(C)CNC(=O)CN(C)C(=O)OCc1ccc(NC(C)C)cc1. The molecule has 0 atom stereocenters. The summed E-state index contributed by atoms with van der Waals surface area (Å²) in [7, 11) is 1.55. The van der Waals surface area contributed by atoms with Crippen molar-refractivity contribution in [3.63, 3.8) is 0 Å². The van der Waals surface area contributed by atoms with Gasteiger partial charge in [0.15, 0.2) is 0 Å². The zero-order valence-electron chi connectivity index (χ0n) is 15.3. The lowest BCUT2D eigenvalue weighted by Gasteiger charge is -2.17. The van der Waals surface area contributed by atoms with E-state index in [-0.39, 0.29) is 19.1 Å². The highest BCUT2D eigenvalue weighted by Crippen LogP contribution is 2.11. The monoisotopic (exact) mass is 335 g/mol. The molecule has 0 fully saturated rings. The highest BCUT2D eigenvalue weighted by atomic mass is 16.6. The summed E-state index contributed by atoms with van der Waals surface area (Å²) in [6.07, 6.45) is -0.515. The molecular weight excluding hydrogens is 306 g/mol. The Kier molecular flexibility index (Phi) is 8.09. The number of likely N-dealkylation sites (N-methyl/N-ethyl adjacent to an activating group) is 1. The van der Waals surface area contributed by atoms with E-state index >= 15 is 0 Å². The second-order valence-corrected chi connectivity index (χ2v) is 6.60. The number of ether oxygens (including phenoxy) is 1. The van der Waals surface area contributed by atoms with Crippen LogP contribution in [0.2, 0.25) is 0 Å². The molecular formula is C18H29N3O3. The van der Waals surface area contributed by atoms with Crippen molar-refractivity contribution in [2.24, 2.45) is 5.92 Å². The first kappa shape index (κ1) is 19.8. The summed E-state index contributed by atoms with van der Waals surface area (Å²) in [4.78, 5) is 24.9. The van der Waals surface area contributed by atoms with Crippen LogP contribution in [0.4, 0.5) is 10.5 Å². The molecule has 0 heterocycles. The van der Waals surface area contributed by atoms with Crippen molar-refractivity contribution in [3.8, 4) is 0 Å². The zero-order chi connectivity index (χ0) is 18.1. The van der Waals surface area contributed by atoms with E-state index in [0.717, 1.165) is 11.3 Å². The topological polar surface area (TPSA) is 70.7 Å². The van der Waals surface area contributed by atoms with Crippen LogP contribution in [0.25, 0.3) is 0 Å². The maximum atomic E-state index is 11.9. The van der Waals surface area contributed by atoms with Gasteiger partial charge < -0.3 is 20.3 Å². The molecule has 0 aliphatic carbocycles. The van der Waals surface area contributed by atoms with Gasteiger partial charge in [0, 0.05) is 25.3 Å². The van der Waals surface area contributed by atoms with E-state index in [4.69, 9.17) is 4.74 Å². The molecule has 6 heteroatoms. The second kappa shape index (κ2) is 9.80. The molecule has 0 saturated heterocycles. The van der Waals surface area contributed by atoms with Crippen LogP contribution in [-0.2, 0) is 16.1 Å². The summed E-state index contributed by atoms with van der Waals surface area (Å²) in [6.45, 7) is 8.94. The molecule has 0 aliphatic heterocycles. The van der Waals surface area contributed by atoms with Crippen molar-refractivity contribution in [2.45, 2.75) is 40.3 Å². The lowest BCUT2D eigenvalue weighted by molar-refractivity contribution is -0.121. The van der Waals surface area contributed by atoms with E-state index in [9.17, 15) is 9.59 Å². The Balaban J connectivity index is 2.37. The number of rotatable bonds is 8. The molecule has 0 bridgehead atoms. The van der Waals surface area contributed by atoms with E-state index in [1.807, 2.05) is 38.1 Å². The fraction of sp³-hybridized carbons (Fsp3) is 0.556. The highest BCUT2D eigenvalue weighted by molar-refractivity contribution is 5.82. The first-order valence-corrected chi connectivity index (χ1v) is 8.28. The van der Waals surface area contributed by atoms with E-state index in [1.165, 1.54) is 4.90 Å². The molecule has 0 saturated carbocycles. The number of nitrogens with one attached hydrogen (secondary N) is 2. The minimum atomic E-state index is -0.515. The van der Waals surface area contributed by atoms with Crippen LogP contribution < -0.4 is 10.6 Å². The number of hydrogen-bond donors (Lipinski definition) is 2. The van der Waals surface area contributed by atoms with Crippen molar-refractivity contribution in [3.05, 3.63) is 29.8 Å². The predicted octanol–water partition coefficient (Wildman–Crippen LogP) is 2.85. The number of hydrogen-bond acceptors (Lipinski definition) is 4. The van der Waals surface area contributed by atoms with E-state index < -0.39 is 6.09 Å². The Hall–Kier alpha value is -2.24. The fourth-order valence-electron chi connectivity index (χ4n) is 1.94. The Morgan fingerprint density at radius 2 is 1.75 bits per heavy atom. The average molecular weight is 335 g/mol. The van der Waals surface area contributed by atoms with E-state index in [2.05, 4.69) is 24.5 Å². The van der Waals surface area contributed by atoms with Gasteiger partial charge in [0.2, 0.25) is 5.91 Å². The Bertz CT molecular complexity index is 527. The van der Waals surface area contributed by atoms with Gasteiger partial charge in [0.25, 0.3) is 0 Å². The van der Waals surface area contributed by atoms with Crippen LogP contribution in [0.15, 0.2) is 24.3 Å². The molecule has 0 unspecified atom stereocenters. The van der Waals surface area contributed by atoms with Gasteiger partial charge in [-0.2, -0.15) is 0 Å². The zero-order valence-corrected chi connectivity index (χ0v) is 15.3. The van der Waals surface area contributed by atoms with Crippen LogP contribution >= 0.6 is 0 Å². The minimum absolute atomic E-state index is 0.0111. The summed E-state index contributed by atoms with van der Waals surface area (Å²) >= 11 is 0. The van der Waals surface area contributed by atoms with Crippen LogP contribution in [0.1, 0.15) is 33.3 Å². The average Bonchev–Trinajstić information content (AvgIpc) is 2.51. The summed E-state index contributed by atoms with van der Waals surface area (Å²) in [5, 5.41) is 6.06. The predicted molar refractivity (Wildman–Crippen MR) is 95.9 cm³/mol. The van der Waals surface area contributed by atoms with Gasteiger partial charge in [-0.15, -0.1) is 0 Å². The number of carbonyl (C=O) groups excluding carboxylic acids is 2. The van der Waals surface area contributed by atoms with Crippen molar-refractivity contribution >= 4 is 17.7 Å². The van der Waals surface area contributed by atoms with Crippen molar-refractivity contribution < 1.29 is 14.3 Å². The molecule has 1 aromatic carbocycles. The summed E-state index contributed by atoms with van der Waals surface area (Å²) in [5.41, 5.74) is 1.93. The van der Waals surface area contributed by atoms with Crippen LogP contribution in [0.3, 0.4) is 0 Å². The molecule has 2 amide bonds. The minimum Gasteiger partial charge on any atom is -0.445 e. The molecule has 0 aliphatic rings. The number of anilines is 1. The van der Waals surface area contributed by atoms with Gasteiger partial charge in [0.1, 0.15) is 13.2 Å². The van der Waals surface area contributed by atoms with Crippen molar-refractivity contribution in [2.75, 3.05) is 25.5 Å². The van der Waals surface area contributed by atoms with Gasteiger partial charge in [0.05, 0.1) is 0 Å². The summed E-state index contributed by atoms with van der Waals surface area (Å²) < 4.78 is 5.22. The number of nitrogens with zero attached hydrogens (tertiary/aromatic N) is 1. The van der Waals surface area contributed by atoms with Gasteiger partial charge in [-0.3, -0.25) is 4.79 Å². The van der Waals surface area contributed by atoms with Gasteiger partial charge in [-0.1, -0.05) is 26.0 Å². The number of benzene rings is 1. The maximum Gasteiger partial charge on any atom is 0.410 e. The second-order valence-electron chi connectivity index (χ2n) is 6.60. The third-order valence-corrected chi connectivity index (χ3v) is 3.17. The number of amides is 2. The van der Waals surface area contributed by atoms with Crippen molar-refractivity contribution in [1.29, 1.82) is 0 Å². The van der Waals surface area contributed by atoms with Gasteiger partial charge >= 0.3 is 6.09 Å². The number of carbonyl (C=O) groups is 2. The maximum absolute atomic E-state index is 11.9. The van der Waals surface area contributed by atoms with Gasteiger partial charge in [-0.05, 0) is 37.5 Å². The smallest absolute Gasteiger partial charge is 0.410 e. The molecule has 24 heavy (non-hydrogen) atoms. The Labute approximate surface area is 144 Å². The molecule has 134 valence electrons. The molecule has 1 aromatic rings. The Morgan fingerprint density at radius 1 is 1.12 bits per heavy atom. The highest BCUT2D eigenvalue weighted by Gasteiger charge is 2.14. The first-order valence-electron chi connectivity index (χ1n) is 8.28. The Morgan fingerprint density at radius 3 is 2.29 bits per heavy atom. The van der Waals surface area contributed by atoms with E-state index in [1.54, 1.807) is 7.05 Å². The van der Waals surface area contributed by atoms with Crippen LogP contribution in [0.5, 0.6) is 0 Å². The normalized spacial score (nSPS) is 10.6. The fourth-order valence-corrected chi connectivity index (χ4v) is 1.94. The molecule has 0 aromatic heterocycles. The van der Waals surface area contributed by atoms with E-state index in [0.29, 0.717) is 18.5 Å². The molecule has 0 radical (unpaired) electrons. The third-order valence-electron chi connectivity index (χ3n) is 3.17. The van der Waals surface area contributed by atoms with Crippen LogP contribution in [0, 0.1) is 5.92 Å². The standard InChI is InChI=1S/C18H29N3O3/c1-13(2)10-19-17(22)11-21(5)18(23)24-12-15-6-8-16(9-7-15)20-14(3)4/h6-9,13-14,20H,10-12H2,1-5H3,(H,19,22). The lowest BCUT2D eigenvalue weighted by Crippen LogP contribution is -2.39. The summed E-state index contributed by atoms with van der Waals surface area (Å²) in [6, 6.07) is 8.09. The molecule has 6 nitrogen and oxygen atoms in total. The molecule has 1 rings (SSSR count). The molecule has 2 N–H and O–H groups in total. The van der Waals surface area contributed by atoms with Crippen LogP contribution in [-0.4, -0.2) is 43.1 Å². The summed E-state index contributed by atoms with van der Waals surface area (Å²) in [5.74, 6) is 0.187. The lowest BCUT2D eigenvalue weighted by atomic mass is 10.2. The largest absolute Gasteiger partial charge is 0.445 e. The third kappa shape index (κ3) is 7.85. The first-order chi connectivity index (χ1) is 11.3. The van der Waals surface area contributed by atoms with Gasteiger partial charge in [-0.25, -0.2) is 4.79 Å². The molecule has 0 spiro atoms. The quantitative estimate of drug-likeness (QED) is 0.766. The van der Waals surface area contributed by atoms with Crippen molar-refractivity contribution in [1.82, 2.24) is 10.2 Å².